The summed E-state index contributed by atoms with van der Waals surface area (Å²) in [5, 5.41) is 41.5. The number of hydrogen-bond donors (Lipinski definition) is 7. The topological polar surface area (TPSA) is 263 Å². The van der Waals surface area contributed by atoms with Gasteiger partial charge in [0.05, 0.1) is 11.3 Å². The highest BCUT2D eigenvalue weighted by Gasteiger charge is 2.34. The molecule has 0 radical (unpaired) electrons. The molecule has 17 heteroatoms. The number of nitrogens with zero attached hydrogens (tertiary/aromatic N) is 1. The van der Waals surface area contributed by atoms with Crippen LogP contribution < -0.4 is 26.6 Å². The van der Waals surface area contributed by atoms with Gasteiger partial charge in [0, 0.05) is 31.2 Å². The summed E-state index contributed by atoms with van der Waals surface area (Å²) in [6.07, 6.45) is -1.38. The first-order valence-corrected chi connectivity index (χ1v) is 14.1. The summed E-state index contributed by atoms with van der Waals surface area (Å²) in [5.41, 5.74) is -0.152. The average molecular weight is 637 g/mol. The van der Waals surface area contributed by atoms with Crippen LogP contribution in [0.4, 0.5) is 11.4 Å². The van der Waals surface area contributed by atoms with E-state index in [0.717, 1.165) is 12.1 Å². The van der Waals surface area contributed by atoms with E-state index in [-0.39, 0.29) is 23.7 Å². The highest BCUT2D eigenvalue weighted by Crippen LogP contribution is 2.16. The van der Waals surface area contributed by atoms with E-state index in [0.29, 0.717) is 6.42 Å². The van der Waals surface area contributed by atoms with Crippen LogP contribution in [0.1, 0.15) is 60.3 Å². The lowest BCUT2D eigenvalue weighted by molar-refractivity contribution is -0.384. The number of anilines is 1. The molecule has 0 aliphatic carbocycles. The van der Waals surface area contributed by atoms with E-state index in [9.17, 15) is 53.9 Å². The van der Waals surface area contributed by atoms with Crippen LogP contribution in [-0.4, -0.2) is 80.8 Å². The van der Waals surface area contributed by atoms with E-state index in [1.54, 1.807) is 27.7 Å². The monoisotopic (exact) mass is 636 g/mol. The van der Waals surface area contributed by atoms with Gasteiger partial charge < -0.3 is 36.8 Å². The molecule has 0 fully saturated rings. The van der Waals surface area contributed by atoms with E-state index in [1.165, 1.54) is 19.1 Å². The Morgan fingerprint density at radius 3 is 1.80 bits per heavy atom. The molecule has 17 nitrogen and oxygen atoms in total. The zero-order chi connectivity index (χ0) is 34.4. The number of amides is 5. The Morgan fingerprint density at radius 2 is 1.33 bits per heavy atom. The first-order valence-electron chi connectivity index (χ1n) is 14.1. The van der Waals surface area contributed by atoms with Gasteiger partial charge in [-0.25, -0.2) is 0 Å². The van der Waals surface area contributed by atoms with E-state index >= 15 is 0 Å². The summed E-state index contributed by atoms with van der Waals surface area (Å²) in [4.78, 5) is 97.2. The molecule has 0 aromatic heterocycles. The summed E-state index contributed by atoms with van der Waals surface area (Å²) in [7, 11) is 0. The molecule has 0 aliphatic heterocycles. The maximum Gasteiger partial charge on any atom is 0.305 e. The van der Waals surface area contributed by atoms with Crippen molar-refractivity contribution in [3.63, 3.8) is 0 Å². The van der Waals surface area contributed by atoms with Crippen molar-refractivity contribution in [2.45, 2.75) is 84.5 Å². The second-order valence-electron chi connectivity index (χ2n) is 10.7. The molecule has 7 N–H and O–H groups in total. The zero-order valence-corrected chi connectivity index (χ0v) is 25.6. The molecule has 1 aromatic rings. The molecule has 1 aromatic carbocycles. The number of hydrogen-bond acceptors (Lipinski definition) is 9. The smallest absolute Gasteiger partial charge is 0.305 e. The van der Waals surface area contributed by atoms with Gasteiger partial charge in [0.1, 0.15) is 24.2 Å². The van der Waals surface area contributed by atoms with Crippen LogP contribution in [0.3, 0.4) is 0 Å². The number of rotatable bonds is 18. The average Bonchev–Trinajstić information content (AvgIpc) is 2.95. The van der Waals surface area contributed by atoms with Crippen molar-refractivity contribution in [2.75, 3.05) is 5.32 Å². The number of nitro groups is 1. The number of aliphatic carboxylic acids is 2. The van der Waals surface area contributed by atoms with Crippen molar-refractivity contribution in [2.24, 2.45) is 11.8 Å². The number of benzene rings is 1. The van der Waals surface area contributed by atoms with E-state index in [1.807, 2.05) is 0 Å². The molecule has 1 rings (SSSR count). The summed E-state index contributed by atoms with van der Waals surface area (Å²) in [6, 6.07) is -0.752. The zero-order valence-electron chi connectivity index (χ0n) is 25.6. The van der Waals surface area contributed by atoms with Crippen molar-refractivity contribution in [3.8, 4) is 0 Å². The Morgan fingerprint density at radius 1 is 0.778 bits per heavy atom. The third-order valence-electron chi connectivity index (χ3n) is 6.74. The lowest BCUT2D eigenvalue weighted by atomic mass is 9.96. The lowest BCUT2D eigenvalue weighted by Crippen LogP contribution is -2.60. The van der Waals surface area contributed by atoms with E-state index < -0.39 is 89.3 Å². The molecule has 0 saturated heterocycles. The number of carboxylic acids is 2. The third kappa shape index (κ3) is 13.0. The van der Waals surface area contributed by atoms with Crippen LogP contribution in [-0.2, 0) is 33.6 Å². The highest BCUT2D eigenvalue weighted by molar-refractivity contribution is 6.00. The number of carboxylic acid groups (broad SMARTS) is 2. The lowest BCUT2D eigenvalue weighted by Gasteiger charge is -2.29. The second kappa shape index (κ2) is 17.9. The van der Waals surface area contributed by atoms with Gasteiger partial charge in [-0.15, -0.1) is 0 Å². The minimum absolute atomic E-state index is 0.0954. The highest BCUT2D eigenvalue weighted by atomic mass is 16.6. The van der Waals surface area contributed by atoms with Gasteiger partial charge in [0.15, 0.2) is 0 Å². The van der Waals surface area contributed by atoms with Gasteiger partial charge in [0.2, 0.25) is 29.5 Å². The van der Waals surface area contributed by atoms with Crippen LogP contribution in [0.5, 0.6) is 0 Å². The van der Waals surface area contributed by atoms with Crippen LogP contribution in [0.2, 0.25) is 0 Å². The summed E-state index contributed by atoms with van der Waals surface area (Å²) >= 11 is 0. The summed E-state index contributed by atoms with van der Waals surface area (Å²) < 4.78 is 0. The maximum absolute atomic E-state index is 13.4. The Hall–Kier alpha value is -5.09. The first kappa shape index (κ1) is 37.9. The van der Waals surface area contributed by atoms with Crippen LogP contribution in [0, 0.1) is 22.0 Å². The standard InChI is InChI=1S/C28H40N6O11/c1-6-15(4)24(33-25(40)19(11-12-21(36)37)31-27(42)23(14(2)3)29-16(5)35)28(43)32-20(13-22(38)39)26(41)30-17-7-9-18(10-8-17)34(44)45/h7-10,14-15,19-20,23-24H,6,11-13H2,1-5H3,(H,29,35)(H,30,41)(H,31,42)(H,32,43)(H,33,40)(H,36,37)(H,38,39). The Kier molecular flexibility index (Phi) is 15.1. The molecule has 5 amide bonds. The molecule has 0 spiro atoms. The van der Waals surface area contributed by atoms with Crippen molar-refractivity contribution in [3.05, 3.63) is 34.4 Å². The quantitative estimate of drug-likeness (QED) is 0.0863. The number of nitrogens with one attached hydrogen (secondary N) is 5. The normalized spacial score (nSPS) is 14.1. The molecular formula is C28H40N6O11. The minimum Gasteiger partial charge on any atom is -0.481 e. The molecule has 0 saturated carbocycles. The predicted octanol–water partition coefficient (Wildman–Crippen LogP) is 0.534. The van der Waals surface area contributed by atoms with Crippen molar-refractivity contribution in [1.29, 1.82) is 0 Å². The molecule has 5 unspecified atom stereocenters. The van der Waals surface area contributed by atoms with Crippen LogP contribution in [0.15, 0.2) is 24.3 Å². The van der Waals surface area contributed by atoms with Crippen molar-refractivity contribution >= 4 is 52.8 Å². The molecule has 45 heavy (non-hydrogen) atoms. The summed E-state index contributed by atoms with van der Waals surface area (Å²) in [5.74, 6) is -7.69. The van der Waals surface area contributed by atoms with Crippen LogP contribution >= 0.6 is 0 Å². The molecule has 248 valence electrons. The van der Waals surface area contributed by atoms with Gasteiger partial charge in [-0.3, -0.25) is 43.7 Å². The van der Waals surface area contributed by atoms with Crippen molar-refractivity contribution < 1.29 is 48.7 Å². The van der Waals surface area contributed by atoms with E-state index in [2.05, 4.69) is 26.6 Å². The predicted molar refractivity (Wildman–Crippen MR) is 159 cm³/mol. The number of carbonyl (C=O) groups is 7. The van der Waals surface area contributed by atoms with Gasteiger partial charge in [-0.2, -0.15) is 0 Å². The molecule has 0 aliphatic rings. The molecule has 0 bridgehead atoms. The fourth-order valence-electron chi connectivity index (χ4n) is 4.05. The Labute approximate surface area is 259 Å². The largest absolute Gasteiger partial charge is 0.481 e. The molecule has 0 heterocycles. The SMILES string of the molecule is CCC(C)C(NC(=O)C(CCC(=O)O)NC(=O)C(NC(C)=O)C(C)C)C(=O)NC(CC(=O)O)C(=O)Nc1ccc([N+](=O)[O-])cc1. The fourth-order valence-corrected chi connectivity index (χ4v) is 4.05. The van der Waals surface area contributed by atoms with Crippen molar-refractivity contribution in [1.82, 2.24) is 21.3 Å². The third-order valence-corrected chi connectivity index (χ3v) is 6.74. The number of nitro benzene ring substituents is 1. The Bertz CT molecular complexity index is 1270. The second-order valence-corrected chi connectivity index (χ2v) is 10.7. The van der Waals surface area contributed by atoms with Gasteiger partial charge >= 0.3 is 11.9 Å². The summed E-state index contributed by atoms with van der Waals surface area (Å²) in [6.45, 7) is 7.82. The first-order chi connectivity index (χ1) is 21.0. The molecular weight excluding hydrogens is 596 g/mol. The molecule has 5 atom stereocenters. The maximum atomic E-state index is 13.4. The van der Waals surface area contributed by atoms with Crippen LogP contribution in [0.25, 0.3) is 0 Å². The van der Waals surface area contributed by atoms with E-state index in [4.69, 9.17) is 0 Å². The fraction of sp³-hybridized carbons (Fsp3) is 0.536. The number of non-ortho nitro benzene ring substituents is 1. The minimum atomic E-state index is -1.62. The van der Waals surface area contributed by atoms with Gasteiger partial charge in [-0.1, -0.05) is 34.1 Å². The van der Waals surface area contributed by atoms with Gasteiger partial charge in [-0.05, 0) is 30.4 Å². The number of carbonyl (C=O) groups excluding carboxylic acids is 5. The van der Waals surface area contributed by atoms with Gasteiger partial charge in [0.25, 0.3) is 5.69 Å². The Balaban J connectivity index is 3.21.